The van der Waals surface area contributed by atoms with Crippen LogP contribution in [-0.4, -0.2) is 60.7 Å². The minimum absolute atomic E-state index is 0.154. The quantitative estimate of drug-likeness (QED) is 0.326. The summed E-state index contributed by atoms with van der Waals surface area (Å²) in [6.45, 7) is 2.99. The zero-order valence-corrected chi connectivity index (χ0v) is 21.0. The topological polar surface area (TPSA) is 76.2 Å². The van der Waals surface area contributed by atoms with Crippen molar-refractivity contribution in [2.75, 3.05) is 39.6 Å². The number of hydrogen-bond donors (Lipinski definition) is 2. The maximum absolute atomic E-state index is 13.6. The standard InChI is InChI=1S/C30H31FN2O5/c31-22-6-4-20(5-7-22)25-11-13-33(15-21(25)17-35-24-8-9-29-30(14-24)38-19-37-29)16-23(34)18-36-28-3-1-2-27-26(28)10-12-32-27/h1-10,12,14,21,23,25,32,34H,11,13,15-19H2/t21?,23?,25-/m0/s1. The van der Waals surface area contributed by atoms with Crippen LogP contribution in [0.1, 0.15) is 17.9 Å². The molecule has 198 valence electrons. The van der Waals surface area contributed by atoms with E-state index in [4.69, 9.17) is 18.9 Å². The van der Waals surface area contributed by atoms with Crippen molar-refractivity contribution >= 4 is 10.9 Å². The van der Waals surface area contributed by atoms with Gasteiger partial charge in [0.15, 0.2) is 11.5 Å². The Hall–Kier alpha value is -3.75. The van der Waals surface area contributed by atoms with Gasteiger partial charge in [0, 0.05) is 42.2 Å². The number of H-pyrrole nitrogens is 1. The Morgan fingerprint density at radius 3 is 2.79 bits per heavy atom. The molecule has 0 aliphatic carbocycles. The molecular formula is C30H31FN2O5. The highest BCUT2D eigenvalue weighted by atomic mass is 19.1. The molecule has 3 heterocycles. The summed E-state index contributed by atoms with van der Waals surface area (Å²) < 4.78 is 36.7. The highest BCUT2D eigenvalue weighted by molar-refractivity contribution is 5.85. The maximum Gasteiger partial charge on any atom is 0.231 e. The van der Waals surface area contributed by atoms with Gasteiger partial charge in [-0.2, -0.15) is 0 Å². The third kappa shape index (κ3) is 5.42. The fraction of sp³-hybridized carbons (Fsp3) is 0.333. The van der Waals surface area contributed by atoms with Crippen LogP contribution in [-0.2, 0) is 0 Å². The van der Waals surface area contributed by atoms with Crippen molar-refractivity contribution in [2.45, 2.75) is 18.4 Å². The van der Waals surface area contributed by atoms with Crippen molar-refractivity contribution in [3.8, 4) is 23.0 Å². The Kier molecular flexibility index (Phi) is 7.07. The molecule has 6 rings (SSSR count). The van der Waals surface area contributed by atoms with Gasteiger partial charge in [-0.25, -0.2) is 4.39 Å². The number of nitrogens with zero attached hydrogens (tertiary/aromatic N) is 1. The monoisotopic (exact) mass is 518 g/mol. The lowest BCUT2D eigenvalue weighted by Crippen LogP contribution is -2.45. The Morgan fingerprint density at radius 2 is 1.89 bits per heavy atom. The van der Waals surface area contributed by atoms with Crippen LogP contribution >= 0.6 is 0 Å². The van der Waals surface area contributed by atoms with Crippen molar-refractivity contribution in [2.24, 2.45) is 5.92 Å². The molecule has 2 N–H and O–H groups in total. The molecule has 0 amide bonds. The van der Waals surface area contributed by atoms with Crippen molar-refractivity contribution in [1.29, 1.82) is 0 Å². The second-order valence-corrected chi connectivity index (χ2v) is 9.95. The summed E-state index contributed by atoms with van der Waals surface area (Å²) in [5.74, 6) is 3.01. The van der Waals surface area contributed by atoms with E-state index in [2.05, 4.69) is 9.88 Å². The predicted octanol–water partition coefficient (Wildman–Crippen LogP) is 4.96. The first-order valence-corrected chi connectivity index (χ1v) is 13.0. The largest absolute Gasteiger partial charge is 0.493 e. The smallest absolute Gasteiger partial charge is 0.231 e. The molecule has 8 heteroatoms. The predicted molar refractivity (Wildman–Crippen MR) is 142 cm³/mol. The van der Waals surface area contributed by atoms with E-state index in [0.717, 1.165) is 47.5 Å². The number of nitrogens with one attached hydrogen (secondary N) is 1. The fourth-order valence-corrected chi connectivity index (χ4v) is 5.48. The normalized spacial score (nSPS) is 19.9. The van der Waals surface area contributed by atoms with Gasteiger partial charge in [-0.1, -0.05) is 18.2 Å². The molecule has 0 radical (unpaired) electrons. The summed E-state index contributed by atoms with van der Waals surface area (Å²) in [5.41, 5.74) is 2.11. The summed E-state index contributed by atoms with van der Waals surface area (Å²) in [5, 5.41) is 11.8. The van der Waals surface area contributed by atoms with Crippen LogP contribution in [0.5, 0.6) is 23.0 Å². The van der Waals surface area contributed by atoms with E-state index in [1.54, 1.807) is 0 Å². The van der Waals surface area contributed by atoms with E-state index in [1.807, 2.05) is 60.8 Å². The molecule has 2 aliphatic heterocycles. The molecule has 38 heavy (non-hydrogen) atoms. The number of aromatic amines is 1. The number of aromatic nitrogens is 1. The molecule has 7 nitrogen and oxygen atoms in total. The zero-order chi connectivity index (χ0) is 25.9. The number of aliphatic hydroxyl groups excluding tert-OH is 1. The highest BCUT2D eigenvalue weighted by Crippen LogP contribution is 2.37. The molecule has 2 aliphatic rings. The molecule has 2 unspecified atom stereocenters. The van der Waals surface area contributed by atoms with Gasteiger partial charge in [-0.3, -0.25) is 0 Å². The Morgan fingerprint density at radius 1 is 1.03 bits per heavy atom. The lowest BCUT2D eigenvalue weighted by molar-refractivity contribution is 0.0393. The van der Waals surface area contributed by atoms with Crippen molar-refractivity contribution < 1.29 is 28.4 Å². The number of piperidine rings is 1. The maximum atomic E-state index is 13.6. The number of β-amino-alcohol motifs (C(OH)–C–C–N with tert-alkyl or cyclic N) is 1. The highest BCUT2D eigenvalue weighted by Gasteiger charge is 2.32. The van der Waals surface area contributed by atoms with Gasteiger partial charge in [-0.05, 0) is 66.9 Å². The van der Waals surface area contributed by atoms with Crippen LogP contribution in [0.2, 0.25) is 0 Å². The summed E-state index contributed by atoms with van der Waals surface area (Å²) in [7, 11) is 0. The number of aliphatic hydroxyl groups is 1. The molecule has 3 aromatic carbocycles. The van der Waals surface area contributed by atoms with Crippen LogP contribution in [0.15, 0.2) is 72.9 Å². The van der Waals surface area contributed by atoms with E-state index >= 15 is 0 Å². The first-order valence-electron chi connectivity index (χ1n) is 13.0. The Balaban J connectivity index is 1.10. The van der Waals surface area contributed by atoms with Crippen molar-refractivity contribution in [3.63, 3.8) is 0 Å². The van der Waals surface area contributed by atoms with Crippen LogP contribution in [0, 0.1) is 11.7 Å². The average molecular weight is 519 g/mol. The van der Waals surface area contributed by atoms with Crippen LogP contribution in [0.4, 0.5) is 4.39 Å². The summed E-state index contributed by atoms with van der Waals surface area (Å²) in [6.07, 6.45) is 2.13. The van der Waals surface area contributed by atoms with Gasteiger partial charge in [0.25, 0.3) is 0 Å². The number of hydrogen-bond acceptors (Lipinski definition) is 6. The minimum atomic E-state index is -0.637. The molecule has 3 atom stereocenters. The molecule has 0 spiro atoms. The SMILES string of the molecule is OC(COc1cccc2[nH]ccc12)CN1CC[C@@H](c2ccc(F)cc2)C(COc2ccc3c(c2)OCO3)C1. The van der Waals surface area contributed by atoms with E-state index in [0.29, 0.717) is 24.7 Å². The third-order valence-electron chi connectivity index (χ3n) is 7.38. The second-order valence-electron chi connectivity index (χ2n) is 9.95. The fourth-order valence-electron chi connectivity index (χ4n) is 5.48. The van der Waals surface area contributed by atoms with E-state index < -0.39 is 6.10 Å². The average Bonchev–Trinajstić information content (AvgIpc) is 3.61. The van der Waals surface area contributed by atoms with Gasteiger partial charge in [0.1, 0.15) is 30.0 Å². The second kappa shape index (κ2) is 10.9. The van der Waals surface area contributed by atoms with E-state index in [1.165, 1.54) is 12.1 Å². The Bertz CT molecular complexity index is 1370. The Labute approximate surface area is 220 Å². The van der Waals surface area contributed by atoms with Gasteiger partial charge in [-0.15, -0.1) is 0 Å². The van der Waals surface area contributed by atoms with Crippen molar-refractivity contribution in [1.82, 2.24) is 9.88 Å². The lowest BCUT2D eigenvalue weighted by atomic mass is 9.80. The molecular weight excluding hydrogens is 487 g/mol. The van der Waals surface area contributed by atoms with Gasteiger partial charge in [0.2, 0.25) is 6.79 Å². The molecule has 1 saturated heterocycles. The first-order chi connectivity index (χ1) is 18.6. The van der Waals surface area contributed by atoms with Crippen LogP contribution in [0.25, 0.3) is 10.9 Å². The van der Waals surface area contributed by atoms with E-state index in [-0.39, 0.29) is 31.1 Å². The summed E-state index contributed by atoms with van der Waals surface area (Å²) >= 11 is 0. The lowest BCUT2D eigenvalue weighted by Gasteiger charge is -2.39. The first kappa shape index (κ1) is 24.6. The van der Waals surface area contributed by atoms with E-state index in [9.17, 15) is 9.50 Å². The molecule has 1 fully saturated rings. The number of likely N-dealkylation sites (tertiary alicyclic amines) is 1. The van der Waals surface area contributed by atoms with Crippen molar-refractivity contribution in [3.05, 3.63) is 84.3 Å². The van der Waals surface area contributed by atoms with Crippen LogP contribution < -0.4 is 18.9 Å². The molecule has 1 aromatic heterocycles. The van der Waals surface area contributed by atoms with Gasteiger partial charge >= 0.3 is 0 Å². The third-order valence-corrected chi connectivity index (χ3v) is 7.38. The number of rotatable bonds is 9. The summed E-state index contributed by atoms with van der Waals surface area (Å²) in [4.78, 5) is 5.44. The minimum Gasteiger partial charge on any atom is -0.493 e. The number of ether oxygens (including phenoxy) is 4. The summed E-state index contributed by atoms with van der Waals surface area (Å²) in [6, 6.07) is 20.2. The number of fused-ring (bicyclic) bond motifs is 2. The molecule has 0 bridgehead atoms. The molecule has 0 saturated carbocycles. The zero-order valence-electron chi connectivity index (χ0n) is 21.0. The number of benzene rings is 3. The van der Waals surface area contributed by atoms with Gasteiger partial charge in [0.05, 0.1) is 6.61 Å². The van der Waals surface area contributed by atoms with Crippen LogP contribution in [0.3, 0.4) is 0 Å². The molecule has 4 aromatic rings. The van der Waals surface area contributed by atoms with Gasteiger partial charge < -0.3 is 33.9 Å². The number of halogens is 1.